The third-order valence-corrected chi connectivity index (χ3v) is 4.89. The monoisotopic (exact) mass is 379 g/mol. The lowest BCUT2D eigenvalue weighted by molar-refractivity contribution is 0.327. The summed E-state index contributed by atoms with van der Waals surface area (Å²) in [6.45, 7) is 3.45. The molecular formula is C22H25N3O3. The van der Waals surface area contributed by atoms with E-state index in [0.717, 1.165) is 40.5 Å². The van der Waals surface area contributed by atoms with Crippen molar-refractivity contribution < 1.29 is 14.2 Å². The van der Waals surface area contributed by atoms with Crippen molar-refractivity contribution in [2.24, 2.45) is 5.92 Å². The van der Waals surface area contributed by atoms with Crippen molar-refractivity contribution in [1.29, 1.82) is 0 Å². The number of hydrogen-bond acceptors (Lipinski definition) is 6. The van der Waals surface area contributed by atoms with E-state index in [0.29, 0.717) is 18.4 Å². The van der Waals surface area contributed by atoms with E-state index in [2.05, 4.69) is 27.0 Å². The van der Waals surface area contributed by atoms with Gasteiger partial charge in [0.2, 0.25) is 5.88 Å². The summed E-state index contributed by atoms with van der Waals surface area (Å²) in [6.07, 6.45) is 4.19. The lowest BCUT2D eigenvalue weighted by atomic mass is 10.2. The van der Waals surface area contributed by atoms with Crippen LogP contribution in [0.25, 0.3) is 11.0 Å². The first-order chi connectivity index (χ1) is 13.7. The molecule has 4 rings (SSSR count). The highest BCUT2D eigenvalue weighted by Gasteiger charge is 2.26. The van der Waals surface area contributed by atoms with Crippen LogP contribution in [0.5, 0.6) is 17.4 Å². The molecule has 6 heteroatoms. The Kier molecular flexibility index (Phi) is 5.19. The number of anilines is 2. The molecule has 2 aromatic carbocycles. The summed E-state index contributed by atoms with van der Waals surface area (Å²) in [7, 11) is 3.34. The number of benzene rings is 2. The van der Waals surface area contributed by atoms with Crippen LogP contribution in [-0.2, 0) is 0 Å². The van der Waals surface area contributed by atoms with Crippen LogP contribution in [-0.4, -0.2) is 37.3 Å². The SMILES string of the molecule is CCOc1cnc2ccc(N(CC3CC3)c3cc(OC)cc(OC)c3)cc2n1. The van der Waals surface area contributed by atoms with Crippen molar-refractivity contribution in [1.82, 2.24) is 9.97 Å². The number of ether oxygens (including phenoxy) is 3. The molecule has 0 bridgehead atoms. The molecule has 0 aliphatic heterocycles. The van der Waals surface area contributed by atoms with E-state index in [-0.39, 0.29) is 0 Å². The lowest BCUT2D eigenvalue weighted by Gasteiger charge is -2.26. The molecule has 0 radical (unpaired) electrons. The van der Waals surface area contributed by atoms with Crippen LogP contribution < -0.4 is 19.1 Å². The summed E-state index contributed by atoms with van der Waals surface area (Å²) < 4.78 is 16.5. The van der Waals surface area contributed by atoms with E-state index in [1.54, 1.807) is 20.4 Å². The Morgan fingerprint density at radius 1 is 0.964 bits per heavy atom. The Bertz CT molecular complexity index is 950. The van der Waals surface area contributed by atoms with Crippen molar-refractivity contribution in [3.05, 3.63) is 42.6 Å². The van der Waals surface area contributed by atoms with Crippen molar-refractivity contribution >= 4 is 22.4 Å². The zero-order valence-corrected chi connectivity index (χ0v) is 16.5. The normalized spacial score (nSPS) is 13.4. The van der Waals surface area contributed by atoms with Gasteiger partial charge in [0.05, 0.1) is 38.1 Å². The molecule has 3 aromatic rings. The average molecular weight is 379 g/mol. The second-order valence-corrected chi connectivity index (χ2v) is 6.94. The highest BCUT2D eigenvalue weighted by atomic mass is 16.5. The van der Waals surface area contributed by atoms with Gasteiger partial charge in [0.25, 0.3) is 0 Å². The van der Waals surface area contributed by atoms with Gasteiger partial charge in [-0.2, -0.15) is 0 Å². The molecular weight excluding hydrogens is 354 g/mol. The molecule has 0 saturated heterocycles. The lowest BCUT2D eigenvalue weighted by Crippen LogP contribution is -2.20. The second-order valence-electron chi connectivity index (χ2n) is 6.94. The largest absolute Gasteiger partial charge is 0.497 e. The summed E-state index contributed by atoms with van der Waals surface area (Å²) in [6, 6.07) is 12.1. The predicted octanol–water partition coefficient (Wildman–Crippen LogP) is 4.59. The highest BCUT2D eigenvalue weighted by molar-refractivity contribution is 5.81. The Labute approximate surface area is 165 Å². The number of fused-ring (bicyclic) bond motifs is 1. The van der Waals surface area contributed by atoms with Crippen LogP contribution in [0.2, 0.25) is 0 Å². The van der Waals surface area contributed by atoms with E-state index >= 15 is 0 Å². The van der Waals surface area contributed by atoms with Gasteiger partial charge in [0, 0.05) is 36.1 Å². The van der Waals surface area contributed by atoms with Gasteiger partial charge in [0.1, 0.15) is 11.5 Å². The summed E-state index contributed by atoms with van der Waals surface area (Å²) in [5.74, 6) is 2.79. The average Bonchev–Trinajstić information content (AvgIpc) is 3.55. The maximum Gasteiger partial charge on any atom is 0.232 e. The fourth-order valence-corrected chi connectivity index (χ4v) is 3.23. The molecule has 1 fully saturated rings. The van der Waals surface area contributed by atoms with Crippen LogP contribution in [0, 0.1) is 5.92 Å². The molecule has 1 saturated carbocycles. The minimum Gasteiger partial charge on any atom is -0.497 e. The van der Waals surface area contributed by atoms with Gasteiger partial charge in [-0.25, -0.2) is 9.97 Å². The van der Waals surface area contributed by atoms with Crippen LogP contribution >= 0.6 is 0 Å². The molecule has 0 spiro atoms. The minimum absolute atomic E-state index is 0.545. The summed E-state index contributed by atoms with van der Waals surface area (Å²) in [5.41, 5.74) is 3.77. The molecule has 1 heterocycles. The van der Waals surface area contributed by atoms with Crippen molar-refractivity contribution in [2.75, 3.05) is 32.3 Å². The van der Waals surface area contributed by atoms with Gasteiger partial charge in [-0.05, 0) is 43.9 Å². The fourth-order valence-electron chi connectivity index (χ4n) is 3.23. The van der Waals surface area contributed by atoms with Gasteiger partial charge in [-0.1, -0.05) is 0 Å². The Morgan fingerprint density at radius 3 is 2.36 bits per heavy atom. The van der Waals surface area contributed by atoms with Crippen LogP contribution in [0.4, 0.5) is 11.4 Å². The predicted molar refractivity (Wildman–Crippen MR) is 110 cm³/mol. The first-order valence-corrected chi connectivity index (χ1v) is 9.60. The molecule has 1 aliphatic carbocycles. The topological polar surface area (TPSA) is 56.7 Å². The number of rotatable bonds is 8. The zero-order valence-electron chi connectivity index (χ0n) is 16.5. The Balaban J connectivity index is 1.77. The zero-order chi connectivity index (χ0) is 19.5. The van der Waals surface area contributed by atoms with Gasteiger partial charge in [-0.15, -0.1) is 0 Å². The molecule has 28 heavy (non-hydrogen) atoms. The van der Waals surface area contributed by atoms with Gasteiger partial charge >= 0.3 is 0 Å². The molecule has 146 valence electrons. The first-order valence-electron chi connectivity index (χ1n) is 9.60. The Morgan fingerprint density at radius 2 is 1.71 bits per heavy atom. The van der Waals surface area contributed by atoms with Gasteiger partial charge < -0.3 is 19.1 Å². The molecule has 0 N–H and O–H groups in total. The van der Waals surface area contributed by atoms with Crippen LogP contribution in [0.1, 0.15) is 19.8 Å². The quantitative estimate of drug-likeness (QED) is 0.570. The molecule has 1 aliphatic rings. The summed E-state index contributed by atoms with van der Waals surface area (Å²) >= 11 is 0. The maximum absolute atomic E-state index is 5.51. The van der Waals surface area contributed by atoms with Crippen LogP contribution in [0.15, 0.2) is 42.6 Å². The minimum atomic E-state index is 0.545. The summed E-state index contributed by atoms with van der Waals surface area (Å²) in [4.78, 5) is 11.4. The second kappa shape index (κ2) is 7.92. The number of methoxy groups -OCH3 is 2. The number of nitrogens with zero attached hydrogens (tertiary/aromatic N) is 3. The highest BCUT2D eigenvalue weighted by Crippen LogP contribution is 2.38. The number of aromatic nitrogens is 2. The fraction of sp³-hybridized carbons (Fsp3) is 0.364. The van der Waals surface area contributed by atoms with E-state index in [9.17, 15) is 0 Å². The van der Waals surface area contributed by atoms with Crippen LogP contribution in [0.3, 0.4) is 0 Å². The molecule has 0 atom stereocenters. The van der Waals surface area contributed by atoms with E-state index in [1.807, 2.05) is 31.2 Å². The van der Waals surface area contributed by atoms with E-state index in [1.165, 1.54) is 12.8 Å². The molecule has 0 amide bonds. The van der Waals surface area contributed by atoms with E-state index in [4.69, 9.17) is 14.2 Å². The van der Waals surface area contributed by atoms with Gasteiger partial charge in [0.15, 0.2) is 0 Å². The molecule has 6 nitrogen and oxygen atoms in total. The third-order valence-electron chi connectivity index (χ3n) is 4.89. The van der Waals surface area contributed by atoms with Gasteiger partial charge in [-0.3, -0.25) is 0 Å². The van der Waals surface area contributed by atoms with E-state index < -0.39 is 0 Å². The number of hydrogen-bond donors (Lipinski definition) is 0. The first kappa shape index (κ1) is 18.3. The standard InChI is InChI=1S/C22H25N3O3/c1-4-28-22-13-23-20-8-7-16(11-21(20)24-22)25(14-15-5-6-15)17-9-18(26-2)12-19(10-17)27-3/h7-13,15H,4-6,14H2,1-3H3. The third kappa shape index (κ3) is 3.96. The smallest absolute Gasteiger partial charge is 0.232 e. The van der Waals surface area contributed by atoms with Crippen molar-refractivity contribution in [3.8, 4) is 17.4 Å². The molecule has 1 aromatic heterocycles. The maximum atomic E-state index is 5.51. The molecule has 0 unspecified atom stereocenters. The van der Waals surface area contributed by atoms with Crippen molar-refractivity contribution in [3.63, 3.8) is 0 Å². The van der Waals surface area contributed by atoms with Crippen molar-refractivity contribution in [2.45, 2.75) is 19.8 Å². The Hall–Kier alpha value is -3.02. The summed E-state index contributed by atoms with van der Waals surface area (Å²) in [5, 5.41) is 0.